The van der Waals surface area contributed by atoms with Gasteiger partial charge in [0.25, 0.3) is 10.1 Å². The van der Waals surface area contributed by atoms with Crippen LogP contribution in [0.3, 0.4) is 0 Å². The molecule has 0 bridgehead atoms. The molecular formula is C9H5ClO5S2. The van der Waals surface area contributed by atoms with Crippen LogP contribution in [0.5, 0.6) is 0 Å². The lowest BCUT2D eigenvalue weighted by Gasteiger charge is -1.97. The third kappa shape index (κ3) is 2.14. The summed E-state index contributed by atoms with van der Waals surface area (Å²) in [4.78, 5) is 9.92. The summed E-state index contributed by atoms with van der Waals surface area (Å²) in [6.45, 7) is 0. The van der Waals surface area contributed by atoms with Crippen molar-refractivity contribution in [2.45, 2.75) is 4.90 Å². The predicted molar refractivity (Wildman–Crippen MR) is 63.6 cm³/mol. The average molecular weight is 293 g/mol. The molecule has 0 aliphatic carbocycles. The molecule has 0 spiro atoms. The van der Waals surface area contributed by atoms with Gasteiger partial charge in [-0.2, -0.15) is 8.42 Å². The SMILES string of the molecule is O=C(O)c1sc2cc(Cl)ccc2c1S(=O)(=O)O. The second-order valence-electron chi connectivity index (χ2n) is 3.18. The highest BCUT2D eigenvalue weighted by Crippen LogP contribution is 2.36. The molecule has 90 valence electrons. The molecule has 0 saturated carbocycles. The number of thiophene rings is 1. The van der Waals surface area contributed by atoms with Crippen molar-refractivity contribution >= 4 is 49.1 Å². The summed E-state index contributed by atoms with van der Waals surface area (Å²) in [6, 6.07) is 4.24. The van der Waals surface area contributed by atoms with Crippen molar-refractivity contribution in [1.29, 1.82) is 0 Å². The maximum Gasteiger partial charge on any atom is 0.347 e. The quantitative estimate of drug-likeness (QED) is 0.830. The molecule has 2 N–H and O–H groups in total. The van der Waals surface area contributed by atoms with Crippen LogP contribution in [0.1, 0.15) is 9.67 Å². The summed E-state index contributed by atoms with van der Waals surface area (Å²) in [5, 5.41) is 9.41. The minimum Gasteiger partial charge on any atom is -0.477 e. The van der Waals surface area contributed by atoms with Gasteiger partial charge in [0.1, 0.15) is 9.77 Å². The van der Waals surface area contributed by atoms with E-state index in [2.05, 4.69) is 0 Å². The van der Waals surface area contributed by atoms with Gasteiger partial charge in [-0.3, -0.25) is 4.55 Å². The fourth-order valence-corrected chi connectivity index (χ4v) is 3.94. The summed E-state index contributed by atoms with van der Waals surface area (Å²) in [7, 11) is -4.59. The highest BCUT2D eigenvalue weighted by Gasteiger charge is 2.26. The predicted octanol–water partition coefficient (Wildman–Crippen LogP) is 2.50. The zero-order valence-corrected chi connectivity index (χ0v) is 10.4. The third-order valence-electron chi connectivity index (χ3n) is 2.06. The van der Waals surface area contributed by atoms with Gasteiger partial charge in [0, 0.05) is 15.1 Å². The molecule has 17 heavy (non-hydrogen) atoms. The van der Waals surface area contributed by atoms with E-state index in [1.807, 2.05) is 0 Å². The molecule has 1 heterocycles. The standard InChI is InChI=1S/C9H5ClO5S2/c10-4-1-2-5-6(3-4)16-7(9(11)12)8(5)17(13,14)15/h1-3H,(H,11,12)(H,13,14,15). The van der Waals surface area contributed by atoms with Gasteiger partial charge in [0.15, 0.2) is 0 Å². The van der Waals surface area contributed by atoms with Crippen molar-refractivity contribution in [3.8, 4) is 0 Å². The van der Waals surface area contributed by atoms with Gasteiger partial charge in [0.05, 0.1) is 0 Å². The number of benzene rings is 1. The number of halogens is 1. The van der Waals surface area contributed by atoms with E-state index in [9.17, 15) is 13.2 Å². The largest absolute Gasteiger partial charge is 0.477 e. The number of carboxylic acid groups (broad SMARTS) is 1. The summed E-state index contributed by atoms with van der Waals surface area (Å²) in [6.07, 6.45) is 0. The number of fused-ring (bicyclic) bond motifs is 1. The Labute approximate surface area is 105 Å². The summed E-state index contributed by atoms with van der Waals surface area (Å²) >= 11 is 6.47. The number of carbonyl (C=O) groups is 1. The Morgan fingerprint density at radius 1 is 1.35 bits per heavy atom. The van der Waals surface area contributed by atoms with Crippen LogP contribution in [0.4, 0.5) is 0 Å². The molecule has 0 fully saturated rings. The van der Waals surface area contributed by atoms with Crippen LogP contribution in [-0.2, 0) is 10.1 Å². The van der Waals surface area contributed by atoms with E-state index in [0.717, 1.165) is 11.3 Å². The van der Waals surface area contributed by atoms with Crippen LogP contribution >= 0.6 is 22.9 Å². The highest BCUT2D eigenvalue weighted by molar-refractivity contribution is 7.86. The Kier molecular flexibility index (Phi) is 2.86. The first-order valence-electron chi connectivity index (χ1n) is 4.23. The fraction of sp³-hybridized carbons (Fsp3) is 0. The summed E-state index contributed by atoms with van der Waals surface area (Å²) < 4.78 is 31.8. The minimum atomic E-state index is -4.59. The van der Waals surface area contributed by atoms with Gasteiger partial charge in [-0.25, -0.2) is 4.79 Å². The van der Waals surface area contributed by atoms with E-state index in [-0.39, 0.29) is 5.39 Å². The molecule has 0 atom stereocenters. The van der Waals surface area contributed by atoms with Crippen LogP contribution in [0, 0.1) is 0 Å². The van der Waals surface area contributed by atoms with Crippen molar-refractivity contribution < 1.29 is 22.9 Å². The van der Waals surface area contributed by atoms with E-state index in [4.69, 9.17) is 21.3 Å². The van der Waals surface area contributed by atoms with Crippen LogP contribution in [-0.4, -0.2) is 24.0 Å². The van der Waals surface area contributed by atoms with E-state index in [0.29, 0.717) is 9.72 Å². The zero-order chi connectivity index (χ0) is 12.8. The van der Waals surface area contributed by atoms with E-state index in [1.54, 1.807) is 0 Å². The molecule has 0 unspecified atom stereocenters. The number of hydrogen-bond acceptors (Lipinski definition) is 4. The average Bonchev–Trinajstić information content (AvgIpc) is 2.55. The topological polar surface area (TPSA) is 91.7 Å². The molecule has 1 aromatic heterocycles. The Hall–Kier alpha value is -1.15. The van der Waals surface area contributed by atoms with E-state index >= 15 is 0 Å². The first-order valence-corrected chi connectivity index (χ1v) is 6.87. The molecule has 5 nitrogen and oxygen atoms in total. The minimum absolute atomic E-state index is 0.152. The Balaban J connectivity index is 2.96. The maximum absolute atomic E-state index is 11.2. The lowest BCUT2D eigenvalue weighted by molar-refractivity contribution is 0.0698. The van der Waals surface area contributed by atoms with Gasteiger partial charge < -0.3 is 5.11 Å². The third-order valence-corrected chi connectivity index (χ3v) is 4.50. The number of carboxylic acids is 1. The van der Waals surface area contributed by atoms with Gasteiger partial charge in [-0.15, -0.1) is 11.3 Å². The Morgan fingerprint density at radius 2 is 2.00 bits per heavy atom. The van der Waals surface area contributed by atoms with Gasteiger partial charge in [0.2, 0.25) is 0 Å². The van der Waals surface area contributed by atoms with Gasteiger partial charge in [-0.05, 0) is 12.1 Å². The molecule has 2 aromatic rings. The van der Waals surface area contributed by atoms with Crippen LogP contribution in [0.2, 0.25) is 5.02 Å². The molecule has 0 saturated heterocycles. The summed E-state index contributed by atoms with van der Waals surface area (Å²) in [5.74, 6) is -1.41. The molecule has 0 amide bonds. The zero-order valence-electron chi connectivity index (χ0n) is 8.05. The van der Waals surface area contributed by atoms with Crippen LogP contribution in [0.15, 0.2) is 23.1 Å². The van der Waals surface area contributed by atoms with E-state index < -0.39 is 25.9 Å². The normalized spacial score (nSPS) is 11.9. The fourth-order valence-electron chi connectivity index (χ4n) is 1.44. The number of rotatable bonds is 2. The van der Waals surface area contributed by atoms with Crippen molar-refractivity contribution in [3.05, 3.63) is 28.1 Å². The smallest absolute Gasteiger partial charge is 0.347 e. The molecular weight excluding hydrogens is 288 g/mol. The number of aromatic carboxylic acids is 1. The van der Waals surface area contributed by atoms with Crippen molar-refractivity contribution in [2.75, 3.05) is 0 Å². The van der Waals surface area contributed by atoms with Crippen LogP contribution < -0.4 is 0 Å². The highest BCUT2D eigenvalue weighted by atomic mass is 35.5. The molecule has 0 aliphatic rings. The maximum atomic E-state index is 11.2. The van der Waals surface area contributed by atoms with Crippen LogP contribution in [0.25, 0.3) is 10.1 Å². The molecule has 0 aliphatic heterocycles. The second-order valence-corrected chi connectivity index (χ2v) is 6.03. The molecule has 2 rings (SSSR count). The molecule has 0 radical (unpaired) electrons. The second kappa shape index (κ2) is 3.95. The van der Waals surface area contributed by atoms with Crippen molar-refractivity contribution in [3.63, 3.8) is 0 Å². The van der Waals surface area contributed by atoms with Gasteiger partial charge in [-0.1, -0.05) is 17.7 Å². The first-order chi connectivity index (χ1) is 7.80. The monoisotopic (exact) mass is 292 g/mol. The lowest BCUT2D eigenvalue weighted by atomic mass is 10.2. The van der Waals surface area contributed by atoms with Crippen molar-refractivity contribution in [2.24, 2.45) is 0 Å². The number of hydrogen-bond donors (Lipinski definition) is 2. The Morgan fingerprint density at radius 3 is 2.53 bits per heavy atom. The molecule has 8 heteroatoms. The van der Waals surface area contributed by atoms with Gasteiger partial charge >= 0.3 is 5.97 Å². The summed E-state index contributed by atoms with van der Waals surface area (Å²) in [5.41, 5.74) is 0. The van der Waals surface area contributed by atoms with Crippen molar-refractivity contribution in [1.82, 2.24) is 0 Å². The van der Waals surface area contributed by atoms with E-state index in [1.165, 1.54) is 18.2 Å². The Bertz CT molecular complexity index is 716. The molecule has 1 aromatic carbocycles. The lowest BCUT2D eigenvalue weighted by Crippen LogP contribution is -2.04. The first kappa shape index (κ1) is 12.3.